The van der Waals surface area contributed by atoms with Crippen LogP contribution in [-0.4, -0.2) is 16.2 Å². The minimum atomic E-state index is 0.485. The fourth-order valence-corrected chi connectivity index (χ4v) is 2.63. The third kappa shape index (κ3) is 3.17. The van der Waals surface area contributed by atoms with Crippen LogP contribution in [0.1, 0.15) is 29.4 Å². The Labute approximate surface area is 106 Å². The van der Waals surface area contributed by atoms with Gasteiger partial charge in [-0.3, -0.25) is 5.10 Å². The smallest absolute Gasteiger partial charge is 0.0638 e. The van der Waals surface area contributed by atoms with Crippen LogP contribution in [0.4, 0.5) is 0 Å². The molecule has 0 aliphatic heterocycles. The van der Waals surface area contributed by atoms with Crippen molar-refractivity contribution in [2.75, 3.05) is 0 Å². The van der Waals surface area contributed by atoms with E-state index in [4.69, 9.17) is 0 Å². The van der Waals surface area contributed by atoms with E-state index in [0.29, 0.717) is 6.04 Å². The van der Waals surface area contributed by atoms with Gasteiger partial charge in [-0.2, -0.15) is 16.4 Å². The second-order valence-electron chi connectivity index (χ2n) is 4.53. The molecule has 0 aliphatic rings. The molecule has 4 heteroatoms. The second kappa shape index (κ2) is 5.47. The van der Waals surface area contributed by atoms with E-state index in [9.17, 15) is 0 Å². The predicted molar refractivity (Wildman–Crippen MR) is 72.4 cm³/mol. The lowest BCUT2D eigenvalue weighted by molar-refractivity contribution is 0.544. The number of aromatic nitrogens is 2. The molecule has 0 radical (unpaired) electrons. The average Bonchev–Trinajstić information content (AvgIpc) is 2.88. The summed E-state index contributed by atoms with van der Waals surface area (Å²) < 4.78 is 0. The zero-order chi connectivity index (χ0) is 12.3. The van der Waals surface area contributed by atoms with Gasteiger partial charge in [0.1, 0.15) is 0 Å². The van der Waals surface area contributed by atoms with E-state index < -0.39 is 0 Å². The molecule has 0 aromatic carbocycles. The first kappa shape index (κ1) is 12.3. The number of rotatable bonds is 5. The highest BCUT2D eigenvalue weighted by Crippen LogP contribution is 2.11. The van der Waals surface area contributed by atoms with Crippen LogP contribution in [0.2, 0.25) is 0 Å². The number of H-pyrrole nitrogens is 1. The Bertz CT molecular complexity index is 439. The van der Waals surface area contributed by atoms with Gasteiger partial charge in [0.25, 0.3) is 0 Å². The first-order chi connectivity index (χ1) is 8.16. The third-order valence-electron chi connectivity index (χ3n) is 3.03. The van der Waals surface area contributed by atoms with Crippen LogP contribution in [0.5, 0.6) is 0 Å². The lowest BCUT2D eigenvalue weighted by Crippen LogP contribution is -2.27. The van der Waals surface area contributed by atoms with Crippen molar-refractivity contribution in [1.29, 1.82) is 0 Å². The maximum atomic E-state index is 4.21. The van der Waals surface area contributed by atoms with Crippen LogP contribution >= 0.6 is 11.3 Å². The van der Waals surface area contributed by atoms with E-state index in [1.165, 1.54) is 11.1 Å². The van der Waals surface area contributed by atoms with Gasteiger partial charge >= 0.3 is 0 Å². The summed E-state index contributed by atoms with van der Waals surface area (Å²) in [5, 5.41) is 15.1. The summed E-state index contributed by atoms with van der Waals surface area (Å²) in [5.74, 6) is 0. The molecule has 0 aliphatic carbocycles. The monoisotopic (exact) mass is 249 g/mol. The van der Waals surface area contributed by atoms with Gasteiger partial charge in [0, 0.05) is 23.8 Å². The SMILES string of the molecule is Cc1n[nH]c(C)c1CNC(C)Cc1ccsc1. The molecule has 0 amide bonds. The molecule has 17 heavy (non-hydrogen) atoms. The highest BCUT2D eigenvalue weighted by Gasteiger charge is 2.08. The molecule has 2 aromatic rings. The number of nitrogens with zero attached hydrogens (tertiary/aromatic N) is 1. The maximum absolute atomic E-state index is 4.21. The molecule has 0 saturated carbocycles. The number of hydrogen-bond donors (Lipinski definition) is 2. The van der Waals surface area contributed by atoms with Gasteiger partial charge in [-0.1, -0.05) is 0 Å². The molecule has 2 N–H and O–H groups in total. The van der Waals surface area contributed by atoms with Crippen molar-refractivity contribution in [3.63, 3.8) is 0 Å². The van der Waals surface area contributed by atoms with Crippen molar-refractivity contribution in [3.05, 3.63) is 39.3 Å². The molecular formula is C13H19N3S. The van der Waals surface area contributed by atoms with Crippen molar-refractivity contribution < 1.29 is 0 Å². The summed E-state index contributed by atoms with van der Waals surface area (Å²) in [6, 6.07) is 2.68. The fraction of sp³-hybridized carbons (Fsp3) is 0.462. The summed E-state index contributed by atoms with van der Waals surface area (Å²) in [6.45, 7) is 7.23. The molecule has 0 saturated heterocycles. The summed E-state index contributed by atoms with van der Waals surface area (Å²) in [4.78, 5) is 0. The minimum Gasteiger partial charge on any atom is -0.310 e. The van der Waals surface area contributed by atoms with Crippen molar-refractivity contribution in [2.45, 2.75) is 39.8 Å². The molecule has 3 nitrogen and oxygen atoms in total. The van der Waals surface area contributed by atoms with Crippen molar-refractivity contribution in [1.82, 2.24) is 15.5 Å². The zero-order valence-corrected chi connectivity index (χ0v) is 11.4. The van der Waals surface area contributed by atoms with E-state index in [1.54, 1.807) is 11.3 Å². The van der Waals surface area contributed by atoms with Gasteiger partial charge in [-0.05, 0) is 49.6 Å². The summed E-state index contributed by atoms with van der Waals surface area (Å²) >= 11 is 1.76. The second-order valence-corrected chi connectivity index (χ2v) is 5.31. The van der Waals surface area contributed by atoms with Crippen molar-refractivity contribution in [3.8, 4) is 0 Å². The Morgan fingerprint density at radius 3 is 2.88 bits per heavy atom. The van der Waals surface area contributed by atoms with Crippen molar-refractivity contribution >= 4 is 11.3 Å². The summed E-state index contributed by atoms with van der Waals surface area (Å²) in [7, 11) is 0. The standard InChI is InChI=1S/C13H19N3S/c1-9(6-12-4-5-17-8-12)14-7-13-10(2)15-16-11(13)3/h4-5,8-9,14H,6-7H2,1-3H3,(H,15,16). The first-order valence-corrected chi connectivity index (χ1v) is 6.86. The normalized spacial score (nSPS) is 12.9. The van der Waals surface area contributed by atoms with Gasteiger partial charge in [0.15, 0.2) is 0 Å². The van der Waals surface area contributed by atoms with Crippen LogP contribution in [0, 0.1) is 13.8 Å². The Balaban J connectivity index is 1.86. The summed E-state index contributed by atoms with van der Waals surface area (Å²) in [5.41, 5.74) is 4.97. The molecule has 1 unspecified atom stereocenters. The average molecular weight is 249 g/mol. The Morgan fingerprint density at radius 2 is 2.29 bits per heavy atom. The highest BCUT2D eigenvalue weighted by molar-refractivity contribution is 7.07. The summed E-state index contributed by atoms with van der Waals surface area (Å²) in [6.07, 6.45) is 1.08. The van der Waals surface area contributed by atoms with Gasteiger partial charge in [0.2, 0.25) is 0 Å². The highest BCUT2D eigenvalue weighted by atomic mass is 32.1. The lowest BCUT2D eigenvalue weighted by Gasteiger charge is -2.13. The van der Waals surface area contributed by atoms with Gasteiger partial charge < -0.3 is 5.32 Å². The van der Waals surface area contributed by atoms with Gasteiger partial charge in [0.05, 0.1) is 5.69 Å². The molecule has 2 rings (SSSR count). The quantitative estimate of drug-likeness (QED) is 0.855. The van der Waals surface area contributed by atoms with Crippen LogP contribution < -0.4 is 5.32 Å². The van der Waals surface area contributed by atoms with E-state index in [2.05, 4.69) is 46.2 Å². The Morgan fingerprint density at radius 1 is 1.47 bits per heavy atom. The Kier molecular flexibility index (Phi) is 3.97. The fourth-order valence-electron chi connectivity index (χ4n) is 1.95. The molecule has 2 heterocycles. The largest absolute Gasteiger partial charge is 0.310 e. The van der Waals surface area contributed by atoms with Crippen LogP contribution in [0.15, 0.2) is 16.8 Å². The number of nitrogens with one attached hydrogen (secondary N) is 2. The number of aromatic amines is 1. The van der Waals surface area contributed by atoms with E-state index in [-0.39, 0.29) is 0 Å². The van der Waals surface area contributed by atoms with Gasteiger partial charge in [-0.25, -0.2) is 0 Å². The molecule has 0 spiro atoms. The van der Waals surface area contributed by atoms with E-state index in [0.717, 1.165) is 24.4 Å². The predicted octanol–water partition coefficient (Wildman–Crippen LogP) is 2.81. The van der Waals surface area contributed by atoms with Crippen LogP contribution in [0.25, 0.3) is 0 Å². The number of aryl methyl sites for hydroxylation is 2. The molecule has 0 bridgehead atoms. The first-order valence-electron chi connectivity index (χ1n) is 5.91. The number of thiophene rings is 1. The van der Waals surface area contributed by atoms with E-state index in [1.807, 2.05) is 6.92 Å². The molecule has 0 fully saturated rings. The third-order valence-corrected chi connectivity index (χ3v) is 3.76. The molecule has 2 aromatic heterocycles. The maximum Gasteiger partial charge on any atom is 0.0638 e. The minimum absolute atomic E-state index is 0.485. The molecular weight excluding hydrogens is 230 g/mol. The topological polar surface area (TPSA) is 40.7 Å². The van der Waals surface area contributed by atoms with Gasteiger partial charge in [-0.15, -0.1) is 0 Å². The van der Waals surface area contributed by atoms with Crippen LogP contribution in [-0.2, 0) is 13.0 Å². The Hall–Kier alpha value is -1.13. The number of hydrogen-bond acceptors (Lipinski definition) is 3. The van der Waals surface area contributed by atoms with E-state index >= 15 is 0 Å². The lowest BCUT2D eigenvalue weighted by atomic mass is 10.1. The molecule has 1 atom stereocenters. The molecule has 92 valence electrons. The zero-order valence-electron chi connectivity index (χ0n) is 10.6. The van der Waals surface area contributed by atoms with Crippen molar-refractivity contribution in [2.24, 2.45) is 0 Å². The van der Waals surface area contributed by atoms with Crippen LogP contribution in [0.3, 0.4) is 0 Å².